The fourth-order valence-corrected chi connectivity index (χ4v) is 2.35. The van der Waals surface area contributed by atoms with Gasteiger partial charge in [0.25, 0.3) is 0 Å². The Labute approximate surface area is 123 Å². The maximum Gasteiger partial charge on any atom is 0.145 e. The topological polar surface area (TPSA) is 46.3 Å². The predicted octanol–water partition coefficient (Wildman–Crippen LogP) is 3.80. The Bertz CT molecular complexity index is 749. The number of anilines is 1. The number of hydrogen-bond donors (Lipinski definition) is 2. The second-order valence-electron chi connectivity index (χ2n) is 4.82. The first kappa shape index (κ1) is 13.4. The Balaban J connectivity index is 1.77. The lowest BCUT2D eigenvalue weighted by Gasteiger charge is -2.12. The van der Waals surface area contributed by atoms with Gasteiger partial charge in [0.05, 0.1) is 19.9 Å². The highest BCUT2D eigenvalue weighted by atomic mass is 16.5. The van der Waals surface area contributed by atoms with E-state index in [0.717, 1.165) is 29.2 Å². The monoisotopic (exact) mass is 282 g/mol. The lowest BCUT2D eigenvalue weighted by molar-refractivity contribution is 0.395. The molecule has 2 N–H and O–H groups in total. The van der Waals surface area contributed by atoms with Crippen molar-refractivity contribution in [1.29, 1.82) is 0 Å². The van der Waals surface area contributed by atoms with Crippen LogP contribution in [0.1, 0.15) is 5.56 Å². The van der Waals surface area contributed by atoms with Crippen molar-refractivity contribution in [3.8, 4) is 11.5 Å². The summed E-state index contributed by atoms with van der Waals surface area (Å²) in [5.41, 5.74) is 3.33. The van der Waals surface area contributed by atoms with E-state index >= 15 is 0 Å². The Morgan fingerprint density at radius 1 is 1.00 bits per heavy atom. The minimum Gasteiger partial charge on any atom is -0.497 e. The molecule has 108 valence electrons. The molecule has 0 saturated carbocycles. The lowest BCUT2D eigenvalue weighted by Crippen LogP contribution is -2.01. The molecule has 3 aromatic rings. The first-order chi connectivity index (χ1) is 10.3. The molecule has 0 aliphatic heterocycles. The number of ether oxygens (including phenoxy) is 2. The fourth-order valence-electron chi connectivity index (χ4n) is 2.35. The number of aromatic nitrogens is 1. The minimum absolute atomic E-state index is 0.740. The van der Waals surface area contributed by atoms with Crippen molar-refractivity contribution in [1.82, 2.24) is 4.98 Å². The summed E-state index contributed by atoms with van der Waals surface area (Å²) in [5, 5.41) is 4.62. The van der Waals surface area contributed by atoms with Crippen molar-refractivity contribution in [3.05, 3.63) is 54.2 Å². The molecule has 2 aromatic carbocycles. The Kier molecular flexibility index (Phi) is 3.69. The summed E-state index contributed by atoms with van der Waals surface area (Å²) < 4.78 is 10.6. The van der Waals surface area contributed by atoms with Gasteiger partial charge in [0, 0.05) is 24.3 Å². The highest BCUT2D eigenvalue weighted by molar-refractivity contribution is 5.80. The second-order valence-corrected chi connectivity index (χ2v) is 4.82. The van der Waals surface area contributed by atoms with Crippen molar-refractivity contribution in [2.24, 2.45) is 0 Å². The van der Waals surface area contributed by atoms with Gasteiger partial charge in [0.1, 0.15) is 11.5 Å². The molecule has 0 unspecified atom stereocenters. The number of H-pyrrole nitrogens is 1. The van der Waals surface area contributed by atoms with Crippen molar-refractivity contribution in [2.45, 2.75) is 6.54 Å². The summed E-state index contributed by atoms with van der Waals surface area (Å²) >= 11 is 0. The molecule has 0 aliphatic rings. The van der Waals surface area contributed by atoms with Gasteiger partial charge in [-0.3, -0.25) is 0 Å². The molecule has 4 heteroatoms. The molecule has 4 nitrogen and oxygen atoms in total. The third-order valence-electron chi connectivity index (χ3n) is 3.51. The summed E-state index contributed by atoms with van der Waals surface area (Å²) in [7, 11) is 3.31. The molecule has 0 fully saturated rings. The van der Waals surface area contributed by atoms with Crippen LogP contribution in [0.3, 0.4) is 0 Å². The standard InChI is InChI=1S/C17H18N2O2/c1-20-14-4-6-16(17(10-14)21-2)19-11-12-3-5-15-13(9-12)7-8-18-15/h3-10,18-19H,11H2,1-2H3. The van der Waals surface area contributed by atoms with Gasteiger partial charge in [-0.25, -0.2) is 0 Å². The van der Waals surface area contributed by atoms with Crippen LogP contribution in [0.15, 0.2) is 48.7 Å². The Morgan fingerprint density at radius 3 is 2.71 bits per heavy atom. The van der Waals surface area contributed by atoms with Crippen LogP contribution in [0.2, 0.25) is 0 Å². The van der Waals surface area contributed by atoms with E-state index in [2.05, 4.69) is 34.6 Å². The van der Waals surface area contributed by atoms with Gasteiger partial charge in [-0.2, -0.15) is 0 Å². The molecule has 0 amide bonds. The predicted molar refractivity (Wildman–Crippen MR) is 85.2 cm³/mol. The zero-order chi connectivity index (χ0) is 14.7. The number of rotatable bonds is 5. The van der Waals surface area contributed by atoms with Gasteiger partial charge in [-0.15, -0.1) is 0 Å². The molecule has 1 heterocycles. The smallest absolute Gasteiger partial charge is 0.145 e. The maximum absolute atomic E-state index is 5.39. The maximum atomic E-state index is 5.39. The van der Waals surface area contributed by atoms with Crippen LogP contribution in [-0.4, -0.2) is 19.2 Å². The highest BCUT2D eigenvalue weighted by Crippen LogP contribution is 2.29. The number of hydrogen-bond acceptors (Lipinski definition) is 3. The van der Waals surface area contributed by atoms with E-state index in [0.29, 0.717) is 0 Å². The molecule has 0 spiro atoms. The normalized spacial score (nSPS) is 10.6. The van der Waals surface area contributed by atoms with E-state index in [1.807, 2.05) is 24.4 Å². The number of methoxy groups -OCH3 is 2. The number of nitrogens with one attached hydrogen (secondary N) is 2. The quantitative estimate of drug-likeness (QED) is 0.748. The number of aromatic amines is 1. The molecular formula is C17H18N2O2. The molecule has 0 atom stereocenters. The molecule has 1 aromatic heterocycles. The van der Waals surface area contributed by atoms with Gasteiger partial charge in [-0.1, -0.05) is 6.07 Å². The highest BCUT2D eigenvalue weighted by Gasteiger charge is 2.05. The fraction of sp³-hybridized carbons (Fsp3) is 0.176. The van der Waals surface area contributed by atoms with Gasteiger partial charge < -0.3 is 19.8 Å². The molecular weight excluding hydrogens is 264 g/mol. The summed E-state index contributed by atoms with van der Waals surface area (Å²) in [6.45, 7) is 0.740. The van der Waals surface area contributed by atoms with Crippen molar-refractivity contribution in [3.63, 3.8) is 0 Å². The van der Waals surface area contributed by atoms with Crippen LogP contribution in [0.5, 0.6) is 11.5 Å². The molecule has 0 bridgehead atoms. The zero-order valence-corrected chi connectivity index (χ0v) is 12.1. The van der Waals surface area contributed by atoms with E-state index in [9.17, 15) is 0 Å². The van der Waals surface area contributed by atoms with Crippen LogP contribution in [0, 0.1) is 0 Å². The summed E-state index contributed by atoms with van der Waals surface area (Å²) in [6.07, 6.45) is 1.95. The van der Waals surface area contributed by atoms with Gasteiger partial charge in [-0.05, 0) is 41.3 Å². The molecule has 0 aliphatic carbocycles. The SMILES string of the molecule is COc1ccc(NCc2ccc3[nH]ccc3c2)c(OC)c1. The molecule has 21 heavy (non-hydrogen) atoms. The van der Waals surface area contributed by atoms with Crippen LogP contribution in [-0.2, 0) is 6.54 Å². The first-order valence-corrected chi connectivity index (χ1v) is 6.82. The van der Waals surface area contributed by atoms with Gasteiger partial charge >= 0.3 is 0 Å². The summed E-state index contributed by atoms with van der Waals surface area (Å²) in [6, 6.07) is 14.2. The third-order valence-corrected chi connectivity index (χ3v) is 3.51. The summed E-state index contributed by atoms with van der Waals surface area (Å²) in [5.74, 6) is 1.56. The van der Waals surface area contributed by atoms with Gasteiger partial charge in [0.15, 0.2) is 0 Å². The number of benzene rings is 2. The van der Waals surface area contributed by atoms with Crippen LogP contribution < -0.4 is 14.8 Å². The van der Waals surface area contributed by atoms with E-state index in [1.54, 1.807) is 14.2 Å². The third kappa shape index (κ3) is 2.79. The van der Waals surface area contributed by atoms with Crippen LogP contribution >= 0.6 is 0 Å². The van der Waals surface area contributed by atoms with E-state index in [1.165, 1.54) is 10.9 Å². The largest absolute Gasteiger partial charge is 0.497 e. The van der Waals surface area contributed by atoms with Crippen LogP contribution in [0.4, 0.5) is 5.69 Å². The lowest BCUT2D eigenvalue weighted by atomic mass is 10.1. The van der Waals surface area contributed by atoms with Crippen LogP contribution in [0.25, 0.3) is 10.9 Å². The first-order valence-electron chi connectivity index (χ1n) is 6.82. The summed E-state index contributed by atoms with van der Waals surface area (Å²) in [4.78, 5) is 3.20. The van der Waals surface area contributed by atoms with Crippen molar-refractivity contribution >= 4 is 16.6 Å². The Morgan fingerprint density at radius 2 is 1.90 bits per heavy atom. The van der Waals surface area contributed by atoms with Crippen molar-refractivity contribution < 1.29 is 9.47 Å². The second kappa shape index (κ2) is 5.79. The van der Waals surface area contributed by atoms with Crippen molar-refractivity contribution in [2.75, 3.05) is 19.5 Å². The average molecular weight is 282 g/mol. The average Bonchev–Trinajstić information content (AvgIpc) is 3.00. The molecule has 3 rings (SSSR count). The van der Waals surface area contributed by atoms with E-state index in [4.69, 9.17) is 9.47 Å². The van der Waals surface area contributed by atoms with E-state index in [-0.39, 0.29) is 0 Å². The zero-order valence-electron chi connectivity index (χ0n) is 12.1. The van der Waals surface area contributed by atoms with E-state index < -0.39 is 0 Å². The minimum atomic E-state index is 0.740. The molecule has 0 saturated heterocycles. The Hall–Kier alpha value is -2.62. The molecule has 0 radical (unpaired) electrons. The number of fused-ring (bicyclic) bond motifs is 1. The van der Waals surface area contributed by atoms with Gasteiger partial charge in [0.2, 0.25) is 0 Å².